The monoisotopic (exact) mass is 261 g/mol. The molecule has 1 heterocycles. The highest BCUT2D eigenvalue weighted by Gasteiger charge is 2.14. The van der Waals surface area contributed by atoms with Crippen molar-refractivity contribution in [1.29, 1.82) is 0 Å². The molecule has 0 saturated carbocycles. The normalized spacial score (nSPS) is 17.1. The first-order valence-electron chi connectivity index (χ1n) is 7.04. The molecule has 0 aliphatic carbocycles. The Kier molecular flexibility index (Phi) is 4.80. The van der Waals surface area contributed by atoms with E-state index in [-0.39, 0.29) is 5.91 Å². The summed E-state index contributed by atoms with van der Waals surface area (Å²) in [6.45, 7) is 4.47. The maximum absolute atomic E-state index is 11.6. The second-order valence-electron chi connectivity index (χ2n) is 5.18. The van der Waals surface area contributed by atoms with Crippen LogP contribution < -0.4 is 16.0 Å². The van der Waals surface area contributed by atoms with Crippen LogP contribution in [0.15, 0.2) is 24.3 Å². The molecule has 2 rings (SSSR count). The van der Waals surface area contributed by atoms with Crippen molar-refractivity contribution in [3.8, 4) is 0 Å². The standard InChI is InChI=1S/C15H23N3O/c1-12(16)15(19)17-11-13-7-3-4-8-14(13)18-9-5-2-6-10-18/h3-4,7-8,12H,2,5-6,9-11,16H2,1H3,(H,17,19). The predicted molar refractivity (Wildman–Crippen MR) is 78.0 cm³/mol. The van der Waals surface area contributed by atoms with E-state index >= 15 is 0 Å². The molecule has 1 aliphatic heterocycles. The van der Waals surface area contributed by atoms with Crippen LogP contribution in [0.4, 0.5) is 5.69 Å². The van der Waals surface area contributed by atoms with Gasteiger partial charge in [-0.05, 0) is 37.8 Å². The zero-order valence-electron chi connectivity index (χ0n) is 11.6. The number of amides is 1. The number of nitrogens with two attached hydrogens (primary N) is 1. The average molecular weight is 261 g/mol. The number of para-hydroxylation sites is 1. The molecular weight excluding hydrogens is 238 g/mol. The van der Waals surface area contributed by atoms with Crippen LogP contribution in [-0.4, -0.2) is 25.0 Å². The maximum Gasteiger partial charge on any atom is 0.236 e. The van der Waals surface area contributed by atoms with Crippen molar-refractivity contribution < 1.29 is 4.79 Å². The molecule has 4 heteroatoms. The third-order valence-corrected chi connectivity index (χ3v) is 3.56. The summed E-state index contributed by atoms with van der Waals surface area (Å²) >= 11 is 0. The van der Waals surface area contributed by atoms with E-state index in [1.54, 1.807) is 6.92 Å². The second-order valence-corrected chi connectivity index (χ2v) is 5.18. The van der Waals surface area contributed by atoms with Crippen LogP contribution in [0.2, 0.25) is 0 Å². The Balaban J connectivity index is 2.05. The molecule has 1 aromatic carbocycles. The summed E-state index contributed by atoms with van der Waals surface area (Å²) in [5.74, 6) is -0.103. The van der Waals surface area contributed by atoms with E-state index in [1.165, 1.54) is 30.5 Å². The van der Waals surface area contributed by atoms with Crippen molar-refractivity contribution in [2.45, 2.75) is 38.8 Å². The van der Waals surface area contributed by atoms with Crippen LogP contribution >= 0.6 is 0 Å². The lowest BCUT2D eigenvalue weighted by Crippen LogP contribution is -2.38. The summed E-state index contributed by atoms with van der Waals surface area (Å²) in [7, 11) is 0. The minimum atomic E-state index is -0.456. The molecule has 0 bridgehead atoms. The van der Waals surface area contributed by atoms with Gasteiger partial charge in [-0.3, -0.25) is 4.79 Å². The summed E-state index contributed by atoms with van der Waals surface area (Å²) in [6, 6.07) is 7.83. The van der Waals surface area contributed by atoms with Gasteiger partial charge >= 0.3 is 0 Å². The van der Waals surface area contributed by atoms with E-state index in [2.05, 4.69) is 28.4 Å². The third-order valence-electron chi connectivity index (χ3n) is 3.56. The van der Waals surface area contributed by atoms with E-state index in [9.17, 15) is 4.79 Å². The maximum atomic E-state index is 11.6. The highest BCUT2D eigenvalue weighted by molar-refractivity contribution is 5.81. The van der Waals surface area contributed by atoms with Crippen LogP contribution in [0.3, 0.4) is 0 Å². The fourth-order valence-electron chi connectivity index (χ4n) is 2.45. The molecule has 1 amide bonds. The van der Waals surface area contributed by atoms with Crippen molar-refractivity contribution in [2.75, 3.05) is 18.0 Å². The number of hydrogen-bond donors (Lipinski definition) is 2. The molecule has 1 saturated heterocycles. The number of hydrogen-bond acceptors (Lipinski definition) is 3. The molecule has 0 radical (unpaired) electrons. The summed E-state index contributed by atoms with van der Waals surface area (Å²) in [5, 5.41) is 2.89. The number of carbonyl (C=O) groups is 1. The Labute approximate surface area is 115 Å². The van der Waals surface area contributed by atoms with Gasteiger partial charge in [0.1, 0.15) is 0 Å². The van der Waals surface area contributed by atoms with E-state index in [1.807, 2.05) is 6.07 Å². The number of anilines is 1. The van der Waals surface area contributed by atoms with Gasteiger partial charge in [-0.1, -0.05) is 18.2 Å². The van der Waals surface area contributed by atoms with E-state index < -0.39 is 6.04 Å². The van der Waals surface area contributed by atoms with Gasteiger partial charge in [-0.15, -0.1) is 0 Å². The quantitative estimate of drug-likeness (QED) is 0.866. The molecular formula is C15H23N3O. The van der Waals surface area contributed by atoms with Gasteiger partial charge < -0.3 is 16.0 Å². The van der Waals surface area contributed by atoms with E-state index in [4.69, 9.17) is 5.73 Å². The number of benzene rings is 1. The van der Waals surface area contributed by atoms with Crippen LogP contribution in [0.1, 0.15) is 31.7 Å². The molecule has 1 unspecified atom stereocenters. The summed E-state index contributed by atoms with van der Waals surface area (Å²) in [5.41, 5.74) is 7.97. The number of piperidine rings is 1. The molecule has 1 fully saturated rings. The Bertz CT molecular complexity index is 425. The SMILES string of the molecule is CC(N)C(=O)NCc1ccccc1N1CCCCC1. The smallest absolute Gasteiger partial charge is 0.236 e. The predicted octanol–water partition coefficient (Wildman–Crippen LogP) is 1.64. The zero-order valence-corrected chi connectivity index (χ0v) is 11.6. The summed E-state index contributed by atoms with van der Waals surface area (Å²) in [4.78, 5) is 14.0. The molecule has 0 aromatic heterocycles. The highest BCUT2D eigenvalue weighted by atomic mass is 16.2. The molecule has 1 aromatic rings. The first-order chi connectivity index (χ1) is 9.18. The van der Waals surface area contributed by atoms with Gasteiger partial charge in [0.25, 0.3) is 0 Å². The highest BCUT2D eigenvalue weighted by Crippen LogP contribution is 2.23. The molecule has 1 atom stereocenters. The van der Waals surface area contributed by atoms with Crippen molar-refractivity contribution in [1.82, 2.24) is 5.32 Å². The van der Waals surface area contributed by atoms with Crippen molar-refractivity contribution >= 4 is 11.6 Å². The molecule has 3 N–H and O–H groups in total. The Hall–Kier alpha value is -1.55. The van der Waals surface area contributed by atoms with Gasteiger partial charge in [0, 0.05) is 25.3 Å². The summed E-state index contributed by atoms with van der Waals surface area (Å²) < 4.78 is 0. The van der Waals surface area contributed by atoms with Crippen LogP contribution in [-0.2, 0) is 11.3 Å². The Morgan fingerprint density at radius 1 is 1.32 bits per heavy atom. The van der Waals surface area contributed by atoms with E-state index in [0.29, 0.717) is 6.54 Å². The fraction of sp³-hybridized carbons (Fsp3) is 0.533. The lowest BCUT2D eigenvalue weighted by atomic mass is 10.1. The lowest BCUT2D eigenvalue weighted by Gasteiger charge is -2.30. The van der Waals surface area contributed by atoms with Crippen molar-refractivity contribution in [2.24, 2.45) is 5.73 Å². The number of nitrogens with zero attached hydrogens (tertiary/aromatic N) is 1. The van der Waals surface area contributed by atoms with Crippen molar-refractivity contribution in [3.63, 3.8) is 0 Å². The lowest BCUT2D eigenvalue weighted by molar-refractivity contribution is -0.122. The number of carbonyl (C=O) groups excluding carboxylic acids is 1. The van der Waals surface area contributed by atoms with Crippen LogP contribution in [0, 0.1) is 0 Å². The minimum absolute atomic E-state index is 0.103. The molecule has 1 aliphatic rings. The van der Waals surface area contributed by atoms with E-state index in [0.717, 1.165) is 13.1 Å². The number of nitrogens with one attached hydrogen (secondary N) is 1. The molecule has 104 valence electrons. The van der Waals surface area contributed by atoms with Crippen molar-refractivity contribution in [3.05, 3.63) is 29.8 Å². The molecule has 4 nitrogen and oxygen atoms in total. The van der Waals surface area contributed by atoms with Gasteiger partial charge in [0.05, 0.1) is 6.04 Å². The van der Waals surface area contributed by atoms with Crippen LogP contribution in [0.5, 0.6) is 0 Å². The Morgan fingerprint density at radius 2 is 2.00 bits per heavy atom. The average Bonchev–Trinajstić information content (AvgIpc) is 2.46. The second kappa shape index (κ2) is 6.57. The topological polar surface area (TPSA) is 58.4 Å². The first kappa shape index (κ1) is 13.9. The van der Waals surface area contributed by atoms with Gasteiger partial charge in [0.15, 0.2) is 0 Å². The van der Waals surface area contributed by atoms with Crippen LogP contribution in [0.25, 0.3) is 0 Å². The zero-order chi connectivity index (χ0) is 13.7. The first-order valence-corrected chi connectivity index (χ1v) is 7.04. The largest absolute Gasteiger partial charge is 0.371 e. The molecule has 0 spiro atoms. The van der Waals surface area contributed by atoms with Gasteiger partial charge in [-0.25, -0.2) is 0 Å². The van der Waals surface area contributed by atoms with Gasteiger partial charge in [0.2, 0.25) is 5.91 Å². The summed E-state index contributed by atoms with van der Waals surface area (Å²) in [6.07, 6.45) is 3.82. The number of rotatable bonds is 4. The van der Waals surface area contributed by atoms with Gasteiger partial charge in [-0.2, -0.15) is 0 Å². The Morgan fingerprint density at radius 3 is 2.68 bits per heavy atom. The fourth-order valence-corrected chi connectivity index (χ4v) is 2.45. The minimum Gasteiger partial charge on any atom is -0.371 e. The molecule has 19 heavy (non-hydrogen) atoms. The third kappa shape index (κ3) is 3.70.